The second kappa shape index (κ2) is 8.41. The molecule has 1 aromatic heterocycles. The molecule has 0 spiro atoms. The van der Waals surface area contributed by atoms with E-state index in [-0.39, 0.29) is 12.1 Å². The zero-order chi connectivity index (χ0) is 15.8. The van der Waals surface area contributed by atoms with Crippen molar-refractivity contribution in [3.63, 3.8) is 0 Å². The Labute approximate surface area is 124 Å². The molecule has 0 amide bonds. The number of aromatic nitrogens is 2. The molecule has 0 fully saturated rings. The molecule has 2 N–H and O–H groups in total. The maximum atomic E-state index is 11.3. The van der Waals surface area contributed by atoms with Crippen molar-refractivity contribution < 1.29 is 19.4 Å². The number of carboxylic acid groups (broad SMARTS) is 1. The second-order valence-corrected chi connectivity index (χ2v) is 5.01. The number of nitrogens with one attached hydrogen (secondary N) is 1. The molecule has 0 aliphatic heterocycles. The third kappa shape index (κ3) is 6.40. The van der Waals surface area contributed by atoms with Crippen LogP contribution in [0.3, 0.4) is 0 Å². The quantitative estimate of drug-likeness (QED) is 0.672. The van der Waals surface area contributed by atoms with Gasteiger partial charge in [0.2, 0.25) is 11.8 Å². The van der Waals surface area contributed by atoms with Gasteiger partial charge in [0.1, 0.15) is 6.04 Å². The predicted molar refractivity (Wildman–Crippen MR) is 78.7 cm³/mol. The van der Waals surface area contributed by atoms with Gasteiger partial charge in [0.05, 0.1) is 6.10 Å². The number of hydrogen-bond donors (Lipinski definition) is 2. The minimum atomic E-state index is -0.942. The summed E-state index contributed by atoms with van der Waals surface area (Å²) in [7, 11) is 1.59. The van der Waals surface area contributed by atoms with Gasteiger partial charge >= 0.3 is 5.97 Å². The second-order valence-electron chi connectivity index (χ2n) is 5.01. The topological polar surface area (TPSA) is 93.6 Å². The van der Waals surface area contributed by atoms with Crippen molar-refractivity contribution in [3.8, 4) is 5.88 Å². The van der Waals surface area contributed by atoms with E-state index < -0.39 is 12.0 Å². The van der Waals surface area contributed by atoms with Crippen LogP contribution in [0.1, 0.15) is 32.4 Å². The zero-order valence-electron chi connectivity index (χ0n) is 12.9. The molecule has 118 valence electrons. The van der Waals surface area contributed by atoms with Crippen LogP contribution in [0.5, 0.6) is 5.88 Å². The number of aryl methyl sites for hydroxylation is 1. The first-order valence-electron chi connectivity index (χ1n) is 6.93. The van der Waals surface area contributed by atoms with E-state index in [0.717, 1.165) is 0 Å². The average Bonchev–Trinajstić information content (AvgIpc) is 2.36. The summed E-state index contributed by atoms with van der Waals surface area (Å²) in [5.41, 5.74) is 0.712. The number of ether oxygens (including phenoxy) is 2. The Hall–Kier alpha value is -1.89. The number of anilines is 1. The molecular formula is C14H23N3O4. The SMILES string of the molecule is COCCCC(Nc1nc(C)cc(OC(C)C)n1)C(=O)O. The number of carboxylic acids is 1. The standard InChI is InChI=1S/C14H23N3O4/c1-9(2)21-12-8-10(3)15-14(17-12)16-11(13(18)19)6-5-7-20-4/h8-9,11H,5-7H2,1-4H3,(H,18,19)(H,15,16,17). The van der Waals surface area contributed by atoms with Gasteiger partial charge in [0, 0.05) is 25.5 Å². The molecule has 0 bridgehead atoms. The number of rotatable bonds is 9. The Morgan fingerprint density at radius 3 is 2.71 bits per heavy atom. The van der Waals surface area contributed by atoms with Crippen molar-refractivity contribution >= 4 is 11.9 Å². The molecular weight excluding hydrogens is 274 g/mol. The van der Waals surface area contributed by atoms with Gasteiger partial charge in [-0.05, 0) is 33.6 Å². The predicted octanol–water partition coefficient (Wildman–Crippen LogP) is 1.86. The molecule has 0 aliphatic carbocycles. The molecule has 7 nitrogen and oxygen atoms in total. The number of aliphatic carboxylic acids is 1. The van der Waals surface area contributed by atoms with E-state index in [9.17, 15) is 9.90 Å². The molecule has 0 radical (unpaired) electrons. The third-order valence-electron chi connectivity index (χ3n) is 2.63. The molecule has 0 saturated heterocycles. The van der Waals surface area contributed by atoms with Crippen LogP contribution in [-0.4, -0.2) is 46.9 Å². The van der Waals surface area contributed by atoms with Gasteiger partial charge in [-0.25, -0.2) is 9.78 Å². The Morgan fingerprint density at radius 2 is 2.14 bits per heavy atom. The van der Waals surface area contributed by atoms with Crippen molar-refractivity contribution in [3.05, 3.63) is 11.8 Å². The number of carbonyl (C=O) groups is 1. The van der Waals surface area contributed by atoms with Gasteiger partial charge in [-0.2, -0.15) is 4.98 Å². The Kier molecular flexibility index (Phi) is 6.87. The number of hydrogen-bond acceptors (Lipinski definition) is 6. The van der Waals surface area contributed by atoms with Gasteiger partial charge in [-0.3, -0.25) is 0 Å². The number of methoxy groups -OCH3 is 1. The lowest BCUT2D eigenvalue weighted by molar-refractivity contribution is -0.138. The van der Waals surface area contributed by atoms with E-state index in [1.807, 2.05) is 13.8 Å². The van der Waals surface area contributed by atoms with Crippen LogP contribution < -0.4 is 10.1 Å². The zero-order valence-corrected chi connectivity index (χ0v) is 12.9. The summed E-state index contributed by atoms with van der Waals surface area (Å²) >= 11 is 0. The van der Waals surface area contributed by atoms with E-state index in [2.05, 4.69) is 15.3 Å². The Balaban J connectivity index is 2.77. The minimum Gasteiger partial charge on any atom is -0.480 e. The highest BCUT2D eigenvalue weighted by atomic mass is 16.5. The normalized spacial score (nSPS) is 12.2. The fourth-order valence-electron chi connectivity index (χ4n) is 1.75. The maximum absolute atomic E-state index is 11.3. The molecule has 0 aromatic carbocycles. The van der Waals surface area contributed by atoms with Crippen LogP contribution in [0.15, 0.2) is 6.07 Å². The lowest BCUT2D eigenvalue weighted by atomic mass is 10.1. The fraction of sp³-hybridized carbons (Fsp3) is 0.643. The summed E-state index contributed by atoms with van der Waals surface area (Å²) in [6.07, 6.45) is 1.06. The van der Waals surface area contributed by atoms with E-state index in [1.165, 1.54) is 0 Å². The van der Waals surface area contributed by atoms with Crippen molar-refractivity contribution in [2.24, 2.45) is 0 Å². The fourth-order valence-corrected chi connectivity index (χ4v) is 1.75. The van der Waals surface area contributed by atoms with Crippen LogP contribution in [-0.2, 0) is 9.53 Å². The summed E-state index contributed by atoms with van der Waals surface area (Å²) in [5, 5.41) is 12.1. The van der Waals surface area contributed by atoms with Crippen molar-refractivity contribution in [1.82, 2.24) is 9.97 Å². The Morgan fingerprint density at radius 1 is 1.43 bits per heavy atom. The number of nitrogens with zero attached hydrogens (tertiary/aromatic N) is 2. The summed E-state index contributed by atoms with van der Waals surface area (Å²) in [4.78, 5) is 19.6. The summed E-state index contributed by atoms with van der Waals surface area (Å²) in [5.74, 6) is -0.251. The largest absolute Gasteiger partial charge is 0.480 e. The maximum Gasteiger partial charge on any atom is 0.326 e. The first-order chi connectivity index (χ1) is 9.92. The van der Waals surface area contributed by atoms with E-state index in [0.29, 0.717) is 31.0 Å². The summed E-state index contributed by atoms with van der Waals surface area (Å²) in [6, 6.07) is 0.958. The van der Waals surface area contributed by atoms with Crippen molar-refractivity contribution in [1.29, 1.82) is 0 Å². The minimum absolute atomic E-state index is 0.0101. The third-order valence-corrected chi connectivity index (χ3v) is 2.63. The van der Waals surface area contributed by atoms with Gasteiger partial charge < -0.3 is 19.9 Å². The van der Waals surface area contributed by atoms with E-state index >= 15 is 0 Å². The van der Waals surface area contributed by atoms with E-state index in [4.69, 9.17) is 9.47 Å². The first kappa shape index (κ1) is 17.2. The van der Waals surface area contributed by atoms with Crippen LogP contribution in [0.2, 0.25) is 0 Å². The molecule has 0 aliphatic rings. The van der Waals surface area contributed by atoms with Crippen molar-refractivity contribution in [2.75, 3.05) is 19.0 Å². The van der Waals surface area contributed by atoms with Crippen molar-refractivity contribution in [2.45, 2.75) is 45.8 Å². The molecule has 0 saturated carbocycles. The molecule has 1 atom stereocenters. The highest BCUT2D eigenvalue weighted by Gasteiger charge is 2.18. The van der Waals surface area contributed by atoms with Crippen LogP contribution >= 0.6 is 0 Å². The summed E-state index contributed by atoms with van der Waals surface area (Å²) < 4.78 is 10.4. The van der Waals surface area contributed by atoms with Gasteiger partial charge in [-0.1, -0.05) is 0 Å². The highest BCUT2D eigenvalue weighted by Crippen LogP contribution is 2.15. The van der Waals surface area contributed by atoms with Crippen LogP contribution in [0.4, 0.5) is 5.95 Å². The molecule has 1 heterocycles. The lowest BCUT2D eigenvalue weighted by Gasteiger charge is -2.16. The van der Waals surface area contributed by atoms with Crippen LogP contribution in [0, 0.1) is 6.92 Å². The summed E-state index contributed by atoms with van der Waals surface area (Å²) in [6.45, 7) is 6.12. The van der Waals surface area contributed by atoms with Gasteiger partial charge in [0.15, 0.2) is 0 Å². The van der Waals surface area contributed by atoms with Gasteiger partial charge in [-0.15, -0.1) is 0 Å². The lowest BCUT2D eigenvalue weighted by Crippen LogP contribution is -2.30. The molecule has 1 aromatic rings. The molecule has 7 heteroatoms. The van der Waals surface area contributed by atoms with Gasteiger partial charge in [0.25, 0.3) is 0 Å². The molecule has 1 unspecified atom stereocenters. The smallest absolute Gasteiger partial charge is 0.326 e. The monoisotopic (exact) mass is 297 g/mol. The highest BCUT2D eigenvalue weighted by molar-refractivity contribution is 5.76. The molecule has 21 heavy (non-hydrogen) atoms. The van der Waals surface area contributed by atoms with Crippen LogP contribution in [0.25, 0.3) is 0 Å². The van der Waals surface area contributed by atoms with E-state index in [1.54, 1.807) is 20.1 Å². The molecule has 1 rings (SSSR count). The first-order valence-corrected chi connectivity index (χ1v) is 6.93. The average molecular weight is 297 g/mol. The Bertz CT molecular complexity index is 466.